The molecule has 2 aliphatic rings. The minimum Gasteiger partial charge on any atom is -0.507 e. The molecule has 30 heavy (non-hydrogen) atoms. The van der Waals surface area contributed by atoms with Gasteiger partial charge in [-0.25, -0.2) is 0 Å². The number of ketones is 1. The lowest BCUT2D eigenvalue weighted by molar-refractivity contribution is -0.140. The van der Waals surface area contributed by atoms with E-state index in [4.69, 9.17) is 4.74 Å². The van der Waals surface area contributed by atoms with Gasteiger partial charge >= 0.3 is 0 Å². The van der Waals surface area contributed by atoms with Crippen LogP contribution in [-0.2, 0) is 14.3 Å². The zero-order valence-corrected chi connectivity index (χ0v) is 17.0. The molecule has 1 aromatic heterocycles. The maximum absolute atomic E-state index is 13.0. The van der Waals surface area contributed by atoms with Crippen LogP contribution < -0.4 is 0 Å². The maximum atomic E-state index is 13.0. The van der Waals surface area contributed by atoms with Crippen molar-refractivity contribution in [2.45, 2.75) is 13.0 Å². The molecule has 3 heterocycles. The molecule has 2 saturated heterocycles. The van der Waals surface area contributed by atoms with Crippen LogP contribution >= 0.6 is 0 Å². The molecule has 4 rings (SSSR count). The first-order valence-electron chi connectivity index (χ1n) is 10.1. The van der Waals surface area contributed by atoms with Gasteiger partial charge in [0.1, 0.15) is 11.8 Å². The number of morpholine rings is 1. The summed E-state index contributed by atoms with van der Waals surface area (Å²) in [7, 11) is 0. The highest BCUT2D eigenvalue weighted by atomic mass is 16.5. The first kappa shape index (κ1) is 20.3. The number of nitrogens with zero attached hydrogens (tertiary/aromatic N) is 3. The Bertz CT molecular complexity index is 950. The molecule has 1 N–H and O–H groups in total. The Morgan fingerprint density at radius 1 is 1.10 bits per heavy atom. The van der Waals surface area contributed by atoms with Gasteiger partial charge in [-0.2, -0.15) is 0 Å². The fraction of sp³-hybridized carbons (Fsp3) is 0.348. The summed E-state index contributed by atoms with van der Waals surface area (Å²) in [6.07, 6.45) is 1.63. The number of pyridine rings is 1. The Hall–Kier alpha value is -3.03. The van der Waals surface area contributed by atoms with Crippen molar-refractivity contribution < 1.29 is 19.4 Å². The van der Waals surface area contributed by atoms with Gasteiger partial charge in [-0.05, 0) is 19.1 Å². The van der Waals surface area contributed by atoms with Crippen molar-refractivity contribution in [2.75, 3.05) is 39.4 Å². The zero-order chi connectivity index (χ0) is 21.1. The van der Waals surface area contributed by atoms with Crippen LogP contribution in [0.25, 0.3) is 5.76 Å². The number of carbonyl (C=O) groups is 2. The monoisotopic (exact) mass is 407 g/mol. The third-order valence-corrected chi connectivity index (χ3v) is 5.59. The van der Waals surface area contributed by atoms with Crippen molar-refractivity contribution in [3.63, 3.8) is 0 Å². The minimum atomic E-state index is -0.714. The third kappa shape index (κ3) is 3.99. The van der Waals surface area contributed by atoms with Gasteiger partial charge in [0.05, 0.1) is 24.5 Å². The van der Waals surface area contributed by atoms with Gasteiger partial charge in [-0.3, -0.25) is 19.5 Å². The number of hydrogen-bond donors (Lipinski definition) is 1. The van der Waals surface area contributed by atoms with Crippen LogP contribution in [0.2, 0.25) is 0 Å². The van der Waals surface area contributed by atoms with Crippen LogP contribution in [0.1, 0.15) is 22.9 Å². The van der Waals surface area contributed by atoms with E-state index >= 15 is 0 Å². The van der Waals surface area contributed by atoms with Crippen LogP contribution in [0.4, 0.5) is 0 Å². The fourth-order valence-corrected chi connectivity index (χ4v) is 3.90. The minimum absolute atomic E-state index is 0.0875. The topological polar surface area (TPSA) is 83.0 Å². The standard InChI is InChI=1S/C23H25N3O4/c1-16-5-7-17(8-6-16)21(27)19-20(18-4-2-3-9-24-18)26(23(29)22(19)28)11-10-25-12-14-30-15-13-25/h2-9,20,27H,10-15H2,1H3. The molecule has 1 unspecified atom stereocenters. The number of ether oxygens (including phenoxy) is 1. The van der Waals surface area contributed by atoms with Crippen molar-refractivity contribution in [1.82, 2.24) is 14.8 Å². The number of aromatic nitrogens is 1. The van der Waals surface area contributed by atoms with Crippen LogP contribution in [0.3, 0.4) is 0 Å². The second-order valence-electron chi connectivity index (χ2n) is 7.57. The number of rotatable bonds is 5. The van der Waals surface area contributed by atoms with Crippen LogP contribution in [0.5, 0.6) is 0 Å². The van der Waals surface area contributed by atoms with Gasteiger partial charge < -0.3 is 14.7 Å². The highest BCUT2D eigenvalue weighted by molar-refractivity contribution is 6.46. The van der Waals surface area contributed by atoms with E-state index in [2.05, 4.69) is 9.88 Å². The molecule has 0 aliphatic carbocycles. The van der Waals surface area contributed by atoms with Gasteiger partial charge in [0.15, 0.2) is 0 Å². The molecule has 7 heteroatoms. The van der Waals surface area contributed by atoms with Crippen molar-refractivity contribution in [1.29, 1.82) is 0 Å². The molecule has 2 aromatic rings. The summed E-state index contributed by atoms with van der Waals surface area (Å²) in [6, 6.07) is 11.9. The highest BCUT2D eigenvalue weighted by Crippen LogP contribution is 2.38. The summed E-state index contributed by atoms with van der Waals surface area (Å²) < 4.78 is 5.38. The Morgan fingerprint density at radius 3 is 2.50 bits per heavy atom. The van der Waals surface area contributed by atoms with E-state index in [1.807, 2.05) is 25.1 Å². The average Bonchev–Trinajstić information content (AvgIpc) is 3.04. The van der Waals surface area contributed by atoms with Crippen LogP contribution in [-0.4, -0.2) is 71.0 Å². The summed E-state index contributed by atoms with van der Waals surface area (Å²) in [6.45, 7) is 5.86. The number of hydrogen-bond acceptors (Lipinski definition) is 6. The summed E-state index contributed by atoms with van der Waals surface area (Å²) in [5, 5.41) is 11.0. The smallest absolute Gasteiger partial charge is 0.295 e. The molecule has 0 bridgehead atoms. The molecular weight excluding hydrogens is 382 g/mol. The lowest BCUT2D eigenvalue weighted by Gasteiger charge is -2.30. The highest BCUT2D eigenvalue weighted by Gasteiger charge is 2.46. The SMILES string of the molecule is Cc1ccc(C(O)=C2C(=O)C(=O)N(CCN3CCOCC3)C2c2ccccn2)cc1. The molecule has 2 fully saturated rings. The quantitative estimate of drug-likeness (QED) is 0.465. The van der Waals surface area contributed by atoms with E-state index < -0.39 is 17.7 Å². The predicted octanol–water partition coefficient (Wildman–Crippen LogP) is 2.14. The van der Waals surface area contributed by atoms with Gasteiger partial charge in [0.25, 0.3) is 11.7 Å². The number of carbonyl (C=O) groups excluding carboxylic acids is 2. The average molecular weight is 407 g/mol. The van der Waals surface area contributed by atoms with Crippen LogP contribution in [0.15, 0.2) is 54.2 Å². The molecule has 1 atom stereocenters. The Labute approximate surface area is 175 Å². The number of amides is 1. The predicted molar refractivity (Wildman–Crippen MR) is 112 cm³/mol. The summed E-state index contributed by atoms with van der Waals surface area (Å²) in [5.74, 6) is -1.45. The number of aryl methyl sites for hydroxylation is 1. The molecule has 156 valence electrons. The molecule has 7 nitrogen and oxygen atoms in total. The molecule has 1 amide bonds. The molecule has 0 radical (unpaired) electrons. The normalized spacial score (nSPS) is 21.9. The first-order valence-corrected chi connectivity index (χ1v) is 10.1. The third-order valence-electron chi connectivity index (χ3n) is 5.59. The van der Waals surface area contributed by atoms with Gasteiger partial charge in [-0.15, -0.1) is 0 Å². The van der Waals surface area contributed by atoms with Crippen molar-refractivity contribution in [3.8, 4) is 0 Å². The number of Topliss-reactive ketones (excluding diaryl/α,β-unsaturated/α-hetero) is 1. The van der Waals surface area contributed by atoms with Crippen LogP contribution in [0, 0.1) is 6.92 Å². The number of benzene rings is 1. The van der Waals surface area contributed by atoms with Gasteiger partial charge in [-0.1, -0.05) is 35.9 Å². The van der Waals surface area contributed by atoms with E-state index in [0.29, 0.717) is 37.6 Å². The lowest BCUT2D eigenvalue weighted by Crippen LogP contribution is -2.42. The summed E-state index contributed by atoms with van der Waals surface area (Å²) in [4.78, 5) is 34.0. The molecule has 2 aliphatic heterocycles. The van der Waals surface area contributed by atoms with E-state index in [9.17, 15) is 14.7 Å². The van der Waals surface area contributed by atoms with E-state index in [1.165, 1.54) is 4.90 Å². The van der Waals surface area contributed by atoms with E-state index in [-0.39, 0.29) is 11.3 Å². The maximum Gasteiger partial charge on any atom is 0.295 e. The number of likely N-dealkylation sites (tertiary alicyclic amines) is 1. The fourth-order valence-electron chi connectivity index (χ4n) is 3.90. The Morgan fingerprint density at radius 2 is 1.83 bits per heavy atom. The van der Waals surface area contributed by atoms with E-state index in [1.54, 1.807) is 30.5 Å². The van der Waals surface area contributed by atoms with Crippen molar-refractivity contribution in [2.24, 2.45) is 0 Å². The lowest BCUT2D eigenvalue weighted by atomic mass is 9.98. The van der Waals surface area contributed by atoms with Crippen molar-refractivity contribution >= 4 is 17.4 Å². The van der Waals surface area contributed by atoms with Gasteiger partial charge in [0.2, 0.25) is 0 Å². The Kier molecular flexibility index (Phi) is 5.92. The molecule has 0 saturated carbocycles. The largest absolute Gasteiger partial charge is 0.507 e. The molecule has 1 aromatic carbocycles. The number of aliphatic hydroxyl groups is 1. The second-order valence-corrected chi connectivity index (χ2v) is 7.57. The molecular formula is C23H25N3O4. The van der Waals surface area contributed by atoms with E-state index in [0.717, 1.165) is 18.7 Å². The summed E-state index contributed by atoms with van der Waals surface area (Å²) in [5.41, 5.74) is 2.20. The molecule has 0 spiro atoms. The Balaban J connectivity index is 1.71. The second kappa shape index (κ2) is 8.77. The van der Waals surface area contributed by atoms with Gasteiger partial charge in [0, 0.05) is 37.9 Å². The zero-order valence-electron chi connectivity index (χ0n) is 17.0. The van der Waals surface area contributed by atoms with Crippen molar-refractivity contribution in [3.05, 3.63) is 71.1 Å². The summed E-state index contributed by atoms with van der Waals surface area (Å²) >= 11 is 0. The number of aliphatic hydroxyl groups excluding tert-OH is 1. The first-order chi connectivity index (χ1) is 14.6.